The maximum Gasteiger partial charge on any atom is 0.283 e. The number of rotatable bonds is 8. The number of hydrogen-bond donors (Lipinski definition) is 1. The molecule has 176 valence electrons. The molecule has 1 N–H and O–H groups in total. The molecule has 2 aliphatic heterocycles. The second-order valence-corrected chi connectivity index (χ2v) is 9.15. The number of carbonyl (C=O) groups is 1. The van der Waals surface area contributed by atoms with Gasteiger partial charge in [0, 0.05) is 5.75 Å². The van der Waals surface area contributed by atoms with Crippen LogP contribution in [0.1, 0.15) is 5.56 Å². The number of amidine groups is 2. The number of nitrogens with one attached hydrogen (secondary N) is 1. The third-order valence-electron chi connectivity index (χ3n) is 4.75. The van der Waals surface area contributed by atoms with Crippen molar-refractivity contribution in [2.24, 2.45) is 10.1 Å². The lowest BCUT2D eigenvalue weighted by molar-refractivity contribution is -0.114. The Balaban J connectivity index is 1.48. The van der Waals surface area contributed by atoms with E-state index in [1.807, 2.05) is 30.3 Å². The van der Waals surface area contributed by atoms with Gasteiger partial charge in [0.2, 0.25) is 10.9 Å². The lowest BCUT2D eigenvalue weighted by Gasteiger charge is -2.20. The Labute approximate surface area is 205 Å². The number of hydrogen-bond acceptors (Lipinski definition) is 9. The minimum atomic E-state index is -0.508. The van der Waals surface area contributed by atoms with Gasteiger partial charge >= 0.3 is 0 Å². The Morgan fingerprint density at radius 1 is 1.09 bits per heavy atom. The monoisotopic (exact) mass is 498 g/mol. The first-order chi connectivity index (χ1) is 16.5. The van der Waals surface area contributed by atoms with E-state index in [2.05, 4.69) is 10.1 Å². The van der Waals surface area contributed by atoms with Gasteiger partial charge in [0.25, 0.3) is 5.91 Å². The van der Waals surface area contributed by atoms with Crippen molar-refractivity contribution in [2.45, 2.75) is 0 Å². The van der Waals surface area contributed by atoms with Crippen molar-refractivity contribution in [1.29, 1.82) is 5.41 Å². The van der Waals surface area contributed by atoms with Gasteiger partial charge in [-0.25, -0.2) is 0 Å². The van der Waals surface area contributed by atoms with Crippen LogP contribution in [0.25, 0.3) is 6.08 Å². The number of thioether (sulfide) groups is 2. The zero-order valence-corrected chi connectivity index (χ0v) is 20.4. The summed E-state index contributed by atoms with van der Waals surface area (Å²) in [4.78, 5) is 16.8. The zero-order chi connectivity index (χ0) is 24.1. The average Bonchev–Trinajstić information content (AvgIpc) is 3.27. The highest BCUT2D eigenvalue weighted by molar-refractivity contribution is 8.45. The van der Waals surface area contributed by atoms with E-state index < -0.39 is 5.91 Å². The molecule has 0 fully saturated rings. The summed E-state index contributed by atoms with van der Waals surface area (Å²) in [6.45, 7) is 0.503. The molecule has 0 bridgehead atoms. The smallest absolute Gasteiger partial charge is 0.283 e. The predicted molar refractivity (Wildman–Crippen MR) is 136 cm³/mol. The Kier molecular flexibility index (Phi) is 7.43. The zero-order valence-electron chi connectivity index (χ0n) is 18.7. The highest BCUT2D eigenvalue weighted by atomic mass is 32.2. The van der Waals surface area contributed by atoms with Crippen molar-refractivity contribution in [3.05, 3.63) is 53.6 Å². The molecule has 2 aromatic carbocycles. The highest BCUT2D eigenvalue weighted by Gasteiger charge is 2.35. The Morgan fingerprint density at radius 2 is 1.79 bits per heavy atom. The van der Waals surface area contributed by atoms with Gasteiger partial charge in [0.15, 0.2) is 21.7 Å². The molecule has 34 heavy (non-hydrogen) atoms. The van der Waals surface area contributed by atoms with Gasteiger partial charge in [-0.1, -0.05) is 30.0 Å². The topological polar surface area (TPSA) is 106 Å². The van der Waals surface area contributed by atoms with Gasteiger partial charge in [0.05, 0.1) is 33.5 Å². The van der Waals surface area contributed by atoms with Gasteiger partial charge < -0.3 is 18.9 Å². The normalized spacial score (nSPS) is 16.2. The molecule has 0 unspecified atom stereocenters. The summed E-state index contributed by atoms with van der Waals surface area (Å²) in [5.74, 6) is 2.24. The fourth-order valence-corrected chi connectivity index (χ4v) is 5.01. The number of amides is 1. The molecule has 2 heterocycles. The molecule has 0 aromatic heterocycles. The first-order valence-electron chi connectivity index (χ1n) is 10.1. The fraction of sp³-hybridized carbons (Fsp3) is 0.217. The van der Waals surface area contributed by atoms with E-state index in [1.54, 1.807) is 18.2 Å². The second-order valence-electron chi connectivity index (χ2n) is 6.85. The van der Waals surface area contributed by atoms with Gasteiger partial charge in [-0.15, -0.1) is 5.10 Å². The van der Waals surface area contributed by atoms with Crippen molar-refractivity contribution >= 4 is 50.9 Å². The number of carbonyl (C=O) groups excluding carboxylic acids is 1. The van der Waals surface area contributed by atoms with E-state index in [0.717, 1.165) is 5.75 Å². The van der Waals surface area contributed by atoms with E-state index in [-0.39, 0.29) is 11.4 Å². The molecule has 1 amide bonds. The third-order valence-corrected chi connectivity index (χ3v) is 6.76. The largest absolute Gasteiger partial charge is 0.493 e. The first-order valence-corrected chi connectivity index (χ1v) is 11.9. The molecular weight excluding hydrogens is 476 g/mol. The Morgan fingerprint density at radius 3 is 2.44 bits per heavy atom. The Hall–Kier alpha value is -3.44. The molecule has 11 heteroatoms. The van der Waals surface area contributed by atoms with E-state index >= 15 is 0 Å². The Bertz CT molecular complexity index is 1170. The van der Waals surface area contributed by atoms with E-state index in [9.17, 15) is 4.79 Å². The minimum absolute atomic E-state index is 0.0487. The molecule has 0 saturated carbocycles. The minimum Gasteiger partial charge on any atom is -0.493 e. The van der Waals surface area contributed by atoms with Crippen molar-refractivity contribution in [2.75, 3.05) is 33.7 Å². The molecule has 0 radical (unpaired) electrons. The van der Waals surface area contributed by atoms with Crippen LogP contribution in [-0.4, -0.2) is 60.0 Å². The predicted octanol–water partition coefficient (Wildman–Crippen LogP) is 4.10. The van der Waals surface area contributed by atoms with Crippen LogP contribution in [0.2, 0.25) is 0 Å². The maximum absolute atomic E-state index is 12.7. The molecular formula is C23H22N4O5S2. The summed E-state index contributed by atoms with van der Waals surface area (Å²) in [6, 6.07) is 13.0. The standard InChI is InChI=1S/C23H22N4O5S2/c1-29-17-12-14(13-18(30-2)19(17)31-3)11-16-20(24)27-22(25-21(16)28)34-23(26-27)33-10-9-32-15-7-5-4-6-8-15/h4-8,11-13,24H,9-10H2,1-3H3/b16-11+,24-20?. The van der Waals surface area contributed by atoms with Crippen LogP contribution in [0, 0.1) is 5.41 Å². The molecule has 0 saturated heterocycles. The van der Waals surface area contributed by atoms with Gasteiger partial charge in [-0.05, 0) is 47.7 Å². The molecule has 0 atom stereocenters. The number of hydrazone groups is 1. The van der Waals surface area contributed by atoms with Gasteiger partial charge in [-0.3, -0.25) is 10.2 Å². The van der Waals surface area contributed by atoms with Crippen molar-refractivity contribution in [3.8, 4) is 23.0 Å². The number of aliphatic imine (C=N–C) groups is 1. The van der Waals surface area contributed by atoms with Crippen LogP contribution in [0.3, 0.4) is 0 Å². The molecule has 0 spiro atoms. The van der Waals surface area contributed by atoms with Gasteiger partial charge in [-0.2, -0.15) is 10.0 Å². The van der Waals surface area contributed by atoms with Crippen molar-refractivity contribution in [3.63, 3.8) is 0 Å². The summed E-state index contributed by atoms with van der Waals surface area (Å²) in [5, 5.41) is 14.8. The number of fused-ring (bicyclic) bond motifs is 1. The van der Waals surface area contributed by atoms with Crippen LogP contribution in [-0.2, 0) is 4.79 Å². The molecule has 9 nitrogen and oxygen atoms in total. The third kappa shape index (κ3) is 5.05. The lowest BCUT2D eigenvalue weighted by Crippen LogP contribution is -2.35. The summed E-state index contributed by atoms with van der Waals surface area (Å²) < 4.78 is 22.5. The van der Waals surface area contributed by atoms with Crippen LogP contribution in [0.15, 0.2) is 58.1 Å². The number of benzene rings is 2. The molecule has 4 rings (SSSR count). The van der Waals surface area contributed by atoms with Crippen molar-refractivity contribution in [1.82, 2.24) is 5.01 Å². The van der Waals surface area contributed by atoms with Crippen LogP contribution in [0.4, 0.5) is 0 Å². The average molecular weight is 499 g/mol. The van der Waals surface area contributed by atoms with E-state index in [1.165, 1.54) is 49.9 Å². The SMILES string of the molecule is COc1cc(/C=C2\C(=N)N3N=C(SCCOc4ccccc4)SC3=NC2=O)cc(OC)c1OC. The quantitative estimate of drug-likeness (QED) is 0.428. The maximum atomic E-state index is 12.7. The van der Waals surface area contributed by atoms with Crippen LogP contribution >= 0.6 is 23.5 Å². The van der Waals surface area contributed by atoms with E-state index in [0.29, 0.717) is 44.7 Å². The molecule has 2 aromatic rings. The van der Waals surface area contributed by atoms with Crippen molar-refractivity contribution < 1.29 is 23.7 Å². The number of para-hydroxylation sites is 1. The summed E-state index contributed by atoms with van der Waals surface area (Å²) >= 11 is 2.74. The summed E-state index contributed by atoms with van der Waals surface area (Å²) in [6.07, 6.45) is 1.56. The van der Waals surface area contributed by atoms with Crippen LogP contribution in [0.5, 0.6) is 23.0 Å². The van der Waals surface area contributed by atoms with Crippen LogP contribution < -0.4 is 18.9 Å². The summed E-state index contributed by atoms with van der Waals surface area (Å²) in [7, 11) is 4.54. The fourth-order valence-electron chi connectivity index (χ4n) is 3.19. The van der Waals surface area contributed by atoms with Gasteiger partial charge in [0.1, 0.15) is 5.75 Å². The number of methoxy groups -OCH3 is 3. The number of ether oxygens (including phenoxy) is 4. The molecule has 2 aliphatic rings. The highest BCUT2D eigenvalue weighted by Crippen LogP contribution is 2.39. The lowest BCUT2D eigenvalue weighted by atomic mass is 10.1. The molecule has 0 aliphatic carbocycles. The second kappa shape index (κ2) is 10.7. The number of nitrogens with zero attached hydrogens (tertiary/aromatic N) is 3. The first kappa shape index (κ1) is 23.7. The summed E-state index contributed by atoms with van der Waals surface area (Å²) in [5.41, 5.74) is 0.714. The van der Waals surface area contributed by atoms with E-state index in [4.69, 9.17) is 24.4 Å².